The van der Waals surface area contributed by atoms with Crippen LogP contribution in [0.1, 0.15) is 43.9 Å². The van der Waals surface area contributed by atoms with Gasteiger partial charge in [0.2, 0.25) is 0 Å². The third-order valence-electron chi connectivity index (χ3n) is 3.24. The van der Waals surface area contributed by atoms with Crippen LogP contribution in [0.25, 0.3) is 0 Å². The summed E-state index contributed by atoms with van der Waals surface area (Å²) in [5.74, 6) is 0.571. The fourth-order valence-electron chi connectivity index (χ4n) is 2.02. The Kier molecular flexibility index (Phi) is 5.30. The molecule has 2 aromatic rings. The predicted octanol–water partition coefficient (Wildman–Crippen LogP) is 5.74. The van der Waals surface area contributed by atoms with Crippen molar-refractivity contribution in [3.63, 3.8) is 0 Å². The topological polar surface area (TPSA) is 26.0 Å². The first kappa shape index (κ1) is 15.6. The number of hydrogen-bond donors (Lipinski definition) is 1. The summed E-state index contributed by atoms with van der Waals surface area (Å²) >= 11 is 5.28. The molecule has 2 rings (SSSR count). The van der Waals surface area contributed by atoms with E-state index < -0.39 is 0 Å². The van der Waals surface area contributed by atoms with E-state index in [1.807, 2.05) is 6.92 Å². The summed E-state index contributed by atoms with van der Waals surface area (Å²) in [7, 11) is 0. The molecule has 106 valence electrons. The second-order valence-corrected chi connectivity index (χ2v) is 7.33. The van der Waals surface area contributed by atoms with Crippen LogP contribution in [0.4, 0.5) is 0 Å². The van der Waals surface area contributed by atoms with E-state index in [2.05, 4.69) is 72.2 Å². The lowest BCUT2D eigenvalue weighted by molar-refractivity contribution is 0.796. The minimum absolute atomic E-state index is 0.0323. The average molecular weight is 350 g/mol. The normalized spacial score (nSPS) is 12.7. The Labute approximate surface area is 134 Å². The van der Waals surface area contributed by atoms with Crippen LogP contribution < -0.4 is 5.73 Å². The molecule has 1 unspecified atom stereocenters. The Morgan fingerprint density at radius 3 is 2.20 bits per heavy atom. The van der Waals surface area contributed by atoms with E-state index in [0.717, 1.165) is 4.47 Å². The van der Waals surface area contributed by atoms with Gasteiger partial charge in [0.15, 0.2) is 0 Å². The quantitative estimate of drug-likeness (QED) is 0.760. The highest BCUT2D eigenvalue weighted by atomic mass is 79.9. The minimum atomic E-state index is 0.0323. The van der Waals surface area contributed by atoms with Crippen molar-refractivity contribution in [1.82, 2.24) is 0 Å². The maximum absolute atomic E-state index is 6.07. The van der Waals surface area contributed by atoms with Gasteiger partial charge in [-0.1, -0.05) is 53.7 Å². The van der Waals surface area contributed by atoms with Gasteiger partial charge >= 0.3 is 0 Å². The molecule has 0 aliphatic carbocycles. The van der Waals surface area contributed by atoms with Gasteiger partial charge in [0.1, 0.15) is 0 Å². The van der Waals surface area contributed by atoms with Crippen LogP contribution in [0, 0.1) is 0 Å². The fourth-order valence-corrected chi connectivity index (χ4v) is 3.42. The van der Waals surface area contributed by atoms with Gasteiger partial charge in [0.25, 0.3) is 0 Å². The van der Waals surface area contributed by atoms with Crippen molar-refractivity contribution < 1.29 is 0 Å². The standard InChI is InChI=1S/C17H20BrNS/c1-11(2)13-4-7-15(8-5-13)20-17-9-6-14(18)10-16(17)12(3)19/h4-12H,19H2,1-3H3. The molecule has 0 amide bonds. The van der Waals surface area contributed by atoms with Gasteiger partial charge in [-0.3, -0.25) is 0 Å². The first-order valence-electron chi connectivity index (χ1n) is 6.80. The summed E-state index contributed by atoms with van der Waals surface area (Å²) in [6, 6.07) is 15.1. The molecule has 0 bridgehead atoms. The number of benzene rings is 2. The first-order valence-corrected chi connectivity index (χ1v) is 8.41. The molecule has 0 saturated heterocycles. The van der Waals surface area contributed by atoms with E-state index in [1.54, 1.807) is 11.8 Å². The second-order valence-electron chi connectivity index (χ2n) is 5.30. The number of halogens is 1. The van der Waals surface area contributed by atoms with Crippen molar-refractivity contribution in [3.8, 4) is 0 Å². The van der Waals surface area contributed by atoms with E-state index in [4.69, 9.17) is 5.73 Å². The van der Waals surface area contributed by atoms with Crippen molar-refractivity contribution in [2.75, 3.05) is 0 Å². The van der Waals surface area contributed by atoms with E-state index >= 15 is 0 Å². The minimum Gasteiger partial charge on any atom is -0.324 e. The Morgan fingerprint density at radius 1 is 1.00 bits per heavy atom. The largest absolute Gasteiger partial charge is 0.324 e. The molecule has 0 spiro atoms. The Hall–Kier alpha value is -0.770. The highest BCUT2D eigenvalue weighted by molar-refractivity contribution is 9.10. The molecule has 0 fully saturated rings. The smallest absolute Gasteiger partial charge is 0.0277 e. The van der Waals surface area contributed by atoms with Crippen molar-refractivity contribution >= 4 is 27.7 Å². The molecule has 3 heteroatoms. The summed E-state index contributed by atoms with van der Waals surface area (Å²) < 4.78 is 1.07. The summed E-state index contributed by atoms with van der Waals surface area (Å²) in [6.45, 7) is 6.45. The third-order valence-corrected chi connectivity index (χ3v) is 4.83. The number of hydrogen-bond acceptors (Lipinski definition) is 2. The van der Waals surface area contributed by atoms with Gasteiger partial charge in [-0.05, 0) is 54.3 Å². The molecular weight excluding hydrogens is 330 g/mol. The van der Waals surface area contributed by atoms with Gasteiger partial charge in [-0.2, -0.15) is 0 Å². The predicted molar refractivity (Wildman–Crippen MR) is 91.4 cm³/mol. The zero-order chi connectivity index (χ0) is 14.7. The third kappa shape index (κ3) is 3.87. The van der Waals surface area contributed by atoms with E-state index in [9.17, 15) is 0 Å². The molecule has 2 N–H and O–H groups in total. The van der Waals surface area contributed by atoms with Crippen LogP contribution in [-0.2, 0) is 0 Å². The zero-order valence-corrected chi connectivity index (χ0v) is 14.5. The van der Waals surface area contributed by atoms with Crippen LogP contribution in [-0.4, -0.2) is 0 Å². The van der Waals surface area contributed by atoms with Crippen LogP contribution in [0.15, 0.2) is 56.7 Å². The molecular formula is C17H20BrNS. The summed E-state index contributed by atoms with van der Waals surface area (Å²) in [6.07, 6.45) is 0. The molecule has 0 heterocycles. The lowest BCUT2D eigenvalue weighted by Crippen LogP contribution is -2.06. The lowest BCUT2D eigenvalue weighted by atomic mass is 10.0. The van der Waals surface area contributed by atoms with Crippen molar-refractivity contribution in [3.05, 3.63) is 58.1 Å². The number of rotatable bonds is 4. The molecule has 20 heavy (non-hydrogen) atoms. The lowest BCUT2D eigenvalue weighted by Gasteiger charge is -2.13. The summed E-state index contributed by atoms with van der Waals surface area (Å²) in [4.78, 5) is 2.47. The van der Waals surface area contributed by atoms with Crippen LogP contribution in [0.5, 0.6) is 0 Å². The monoisotopic (exact) mass is 349 g/mol. The number of nitrogens with two attached hydrogens (primary N) is 1. The van der Waals surface area contributed by atoms with Crippen molar-refractivity contribution in [2.45, 2.75) is 42.5 Å². The second kappa shape index (κ2) is 6.79. The molecule has 1 nitrogen and oxygen atoms in total. The highest BCUT2D eigenvalue weighted by Crippen LogP contribution is 2.34. The molecule has 1 atom stereocenters. The van der Waals surface area contributed by atoms with Gasteiger partial charge in [0, 0.05) is 20.3 Å². The van der Waals surface area contributed by atoms with Gasteiger partial charge < -0.3 is 5.73 Å². The van der Waals surface area contributed by atoms with Gasteiger partial charge in [-0.15, -0.1) is 0 Å². The summed E-state index contributed by atoms with van der Waals surface area (Å²) in [5, 5.41) is 0. The van der Waals surface area contributed by atoms with E-state index in [1.165, 1.54) is 20.9 Å². The molecule has 0 saturated carbocycles. The fraction of sp³-hybridized carbons (Fsp3) is 0.294. The van der Waals surface area contributed by atoms with Crippen LogP contribution in [0.2, 0.25) is 0 Å². The summed E-state index contributed by atoms with van der Waals surface area (Å²) in [5.41, 5.74) is 8.62. The molecule has 0 aromatic heterocycles. The molecule has 0 radical (unpaired) electrons. The molecule has 2 aromatic carbocycles. The Bertz CT molecular complexity index is 576. The first-order chi connectivity index (χ1) is 9.47. The van der Waals surface area contributed by atoms with E-state index in [0.29, 0.717) is 5.92 Å². The Balaban J connectivity index is 2.25. The average Bonchev–Trinajstić information content (AvgIpc) is 2.41. The van der Waals surface area contributed by atoms with Crippen molar-refractivity contribution in [2.24, 2.45) is 5.73 Å². The zero-order valence-electron chi connectivity index (χ0n) is 12.1. The highest BCUT2D eigenvalue weighted by Gasteiger charge is 2.09. The van der Waals surface area contributed by atoms with Crippen LogP contribution in [0.3, 0.4) is 0 Å². The van der Waals surface area contributed by atoms with Crippen LogP contribution >= 0.6 is 27.7 Å². The van der Waals surface area contributed by atoms with E-state index in [-0.39, 0.29) is 6.04 Å². The maximum atomic E-state index is 6.07. The maximum Gasteiger partial charge on any atom is 0.0277 e. The van der Waals surface area contributed by atoms with Gasteiger partial charge in [-0.25, -0.2) is 0 Å². The molecule has 0 aliphatic heterocycles. The SMILES string of the molecule is CC(C)c1ccc(Sc2ccc(Br)cc2C(C)N)cc1. The Morgan fingerprint density at radius 2 is 1.65 bits per heavy atom. The van der Waals surface area contributed by atoms with Gasteiger partial charge in [0.05, 0.1) is 0 Å². The molecule has 0 aliphatic rings. The van der Waals surface area contributed by atoms with Crippen molar-refractivity contribution in [1.29, 1.82) is 0 Å².